The summed E-state index contributed by atoms with van der Waals surface area (Å²) in [5, 5.41) is 3.87. The van der Waals surface area contributed by atoms with Crippen LogP contribution in [-0.2, 0) is 0 Å². The third kappa shape index (κ3) is 3.65. The summed E-state index contributed by atoms with van der Waals surface area (Å²) in [6, 6.07) is 0. The van der Waals surface area contributed by atoms with Crippen molar-refractivity contribution < 1.29 is 0 Å². The van der Waals surface area contributed by atoms with Crippen LogP contribution >= 0.6 is 0 Å². The maximum absolute atomic E-state index is 3.87. The minimum atomic E-state index is 0.599. The standard InChI is InChI=1S/C6H14N2/c1-4-6(2)5-8-7-3/h5-7H,4H2,1-3H3/b8-5-. The van der Waals surface area contributed by atoms with E-state index in [1.165, 1.54) is 0 Å². The van der Waals surface area contributed by atoms with Gasteiger partial charge in [0.2, 0.25) is 0 Å². The molecule has 0 spiro atoms. The second kappa shape index (κ2) is 4.62. The first kappa shape index (κ1) is 7.47. The molecule has 0 aliphatic rings. The highest BCUT2D eigenvalue weighted by atomic mass is 15.3. The third-order valence-corrected chi connectivity index (χ3v) is 1.10. The Kier molecular flexibility index (Phi) is 4.32. The first-order valence-corrected chi connectivity index (χ1v) is 3.01. The van der Waals surface area contributed by atoms with Gasteiger partial charge in [0.25, 0.3) is 0 Å². The first-order valence-electron chi connectivity index (χ1n) is 3.01. The Morgan fingerprint density at radius 3 is 2.75 bits per heavy atom. The number of hydrogen-bond donors (Lipinski definition) is 1. The molecule has 0 aliphatic heterocycles. The van der Waals surface area contributed by atoms with Crippen molar-refractivity contribution in [3.05, 3.63) is 0 Å². The average molecular weight is 114 g/mol. The molecule has 0 aliphatic carbocycles. The molecule has 0 radical (unpaired) electrons. The van der Waals surface area contributed by atoms with E-state index in [0.29, 0.717) is 5.92 Å². The minimum Gasteiger partial charge on any atom is -0.313 e. The molecular weight excluding hydrogens is 100 g/mol. The van der Waals surface area contributed by atoms with Crippen molar-refractivity contribution in [3.8, 4) is 0 Å². The number of hydrogen-bond acceptors (Lipinski definition) is 2. The van der Waals surface area contributed by atoms with Gasteiger partial charge < -0.3 is 5.43 Å². The molecule has 0 aromatic carbocycles. The molecule has 0 bridgehead atoms. The van der Waals surface area contributed by atoms with Crippen LogP contribution in [0.1, 0.15) is 20.3 Å². The van der Waals surface area contributed by atoms with Crippen molar-refractivity contribution in [2.75, 3.05) is 7.05 Å². The van der Waals surface area contributed by atoms with Gasteiger partial charge in [0.1, 0.15) is 0 Å². The van der Waals surface area contributed by atoms with E-state index < -0.39 is 0 Å². The second-order valence-electron chi connectivity index (χ2n) is 1.89. The lowest BCUT2D eigenvalue weighted by Gasteiger charge is -1.96. The summed E-state index contributed by atoms with van der Waals surface area (Å²) < 4.78 is 0. The van der Waals surface area contributed by atoms with Crippen LogP contribution in [-0.4, -0.2) is 13.3 Å². The van der Waals surface area contributed by atoms with Crippen molar-refractivity contribution in [1.82, 2.24) is 5.43 Å². The Morgan fingerprint density at radius 2 is 2.38 bits per heavy atom. The normalized spacial score (nSPS) is 14.4. The highest BCUT2D eigenvalue weighted by molar-refractivity contribution is 5.59. The number of nitrogens with zero attached hydrogens (tertiary/aromatic N) is 1. The molecule has 0 fully saturated rings. The first-order chi connectivity index (χ1) is 3.81. The van der Waals surface area contributed by atoms with Crippen molar-refractivity contribution in [3.63, 3.8) is 0 Å². The van der Waals surface area contributed by atoms with E-state index in [9.17, 15) is 0 Å². The van der Waals surface area contributed by atoms with E-state index in [1.54, 1.807) is 7.05 Å². The average Bonchev–Trinajstić information content (AvgIpc) is 1.83. The summed E-state index contributed by atoms with van der Waals surface area (Å²) in [6.45, 7) is 4.28. The van der Waals surface area contributed by atoms with Gasteiger partial charge in [-0.15, -0.1) is 0 Å². The zero-order chi connectivity index (χ0) is 6.41. The minimum absolute atomic E-state index is 0.599. The molecule has 8 heavy (non-hydrogen) atoms. The Labute approximate surface area is 51.0 Å². The lowest BCUT2D eigenvalue weighted by molar-refractivity contribution is 0.741. The largest absolute Gasteiger partial charge is 0.313 e. The van der Waals surface area contributed by atoms with Gasteiger partial charge in [0, 0.05) is 13.3 Å². The molecule has 0 rings (SSSR count). The molecule has 1 N–H and O–H groups in total. The van der Waals surface area contributed by atoms with Gasteiger partial charge in [-0.25, -0.2) is 0 Å². The van der Waals surface area contributed by atoms with E-state index in [0.717, 1.165) is 6.42 Å². The van der Waals surface area contributed by atoms with Gasteiger partial charge in [0.05, 0.1) is 0 Å². The van der Waals surface area contributed by atoms with Crippen LogP contribution in [0, 0.1) is 5.92 Å². The van der Waals surface area contributed by atoms with E-state index >= 15 is 0 Å². The second-order valence-corrected chi connectivity index (χ2v) is 1.89. The molecular formula is C6H14N2. The maximum atomic E-state index is 3.87. The smallest absolute Gasteiger partial charge is 0.0270 e. The van der Waals surface area contributed by atoms with Crippen LogP contribution < -0.4 is 5.43 Å². The molecule has 2 heteroatoms. The zero-order valence-corrected chi connectivity index (χ0v) is 5.81. The van der Waals surface area contributed by atoms with Crippen molar-refractivity contribution >= 4 is 6.21 Å². The lowest BCUT2D eigenvalue weighted by Crippen LogP contribution is -1.99. The van der Waals surface area contributed by atoms with Crippen LogP contribution in [0.2, 0.25) is 0 Å². The Hall–Kier alpha value is -0.530. The number of rotatable bonds is 3. The maximum Gasteiger partial charge on any atom is 0.0270 e. The molecule has 0 aromatic rings. The van der Waals surface area contributed by atoms with Gasteiger partial charge in [0.15, 0.2) is 0 Å². The van der Waals surface area contributed by atoms with Crippen LogP contribution in [0.15, 0.2) is 5.10 Å². The van der Waals surface area contributed by atoms with Crippen LogP contribution in [0.5, 0.6) is 0 Å². The molecule has 0 heterocycles. The summed E-state index contributed by atoms with van der Waals surface area (Å²) in [6.07, 6.45) is 3.07. The summed E-state index contributed by atoms with van der Waals surface area (Å²) >= 11 is 0. The summed E-state index contributed by atoms with van der Waals surface area (Å²) in [5.41, 5.74) is 2.70. The van der Waals surface area contributed by atoms with Crippen molar-refractivity contribution in [2.45, 2.75) is 20.3 Å². The van der Waals surface area contributed by atoms with Crippen LogP contribution in [0.3, 0.4) is 0 Å². The van der Waals surface area contributed by atoms with Crippen molar-refractivity contribution in [2.24, 2.45) is 11.0 Å². The summed E-state index contributed by atoms with van der Waals surface area (Å²) in [5.74, 6) is 0.599. The SMILES string of the molecule is CCC(C)/C=N\NC. The van der Waals surface area contributed by atoms with Crippen molar-refractivity contribution in [1.29, 1.82) is 0 Å². The van der Waals surface area contributed by atoms with Gasteiger partial charge in [-0.2, -0.15) is 5.10 Å². The molecule has 0 saturated carbocycles. The Morgan fingerprint density at radius 1 is 1.75 bits per heavy atom. The summed E-state index contributed by atoms with van der Waals surface area (Å²) in [4.78, 5) is 0. The van der Waals surface area contributed by atoms with Gasteiger partial charge in [-0.05, 0) is 12.3 Å². The van der Waals surface area contributed by atoms with Crippen LogP contribution in [0.25, 0.3) is 0 Å². The van der Waals surface area contributed by atoms with E-state index in [2.05, 4.69) is 24.4 Å². The number of hydrazone groups is 1. The molecule has 48 valence electrons. The number of nitrogens with one attached hydrogen (secondary N) is 1. The summed E-state index contributed by atoms with van der Waals surface area (Å²) in [7, 11) is 1.80. The molecule has 1 unspecified atom stereocenters. The topological polar surface area (TPSA) is 24.4 Å². The zero-order valence-electron chi connectivity index (χ0n) is 5.81. The Bertz CT molecular complexity index is 68.9. The Balaban J connectivity index is 3.21. The fourth-order valence-electron chi connectivity index (χ4n) is 0.307. The van der Waals surface area contributed by atoms with E-state index in [4.69, 9.17) is 0 Å². The lowest BCUT2D eigenvalue weighted by atomic mass is 10.1. The van der Waals surface area contributed by atoms with E-state index in [-0.39, 0.29) is 0 Å². The predicted octanol–water partition coefficient (Wildman–Crippen LogP) is 1.24. The quantitative estimate of drug-likeness (QED) is 0.433. The van der Waals surface area contributed by atoms with E-state index in [1.807, 2.05) is 6.21 Å². The highest BCUT2D eigenvalue weighted by Crippen LogP contribution is 1.93. The molecule has 0 aromatic heterocycles. The molecule has 0 saturated heterocycles. The monoisotopic (exact) mass is 114 g/mol. The fourth-order valence-corrected chi connectivity index (χ4v) is 0.307. The fraction of sp³-hybridized carbons (Fsp3) is 0.833. The predicted molar refractivity (Wildman–Crippen MR) is 37.0 cm³/mol. The molecule has 1 atom stereocenters. The van der Waals surface area contributed by atoms with Crippen LogP contribution in [0.4, 0.5) is 0 Å². The van der Waals surface area contributed by atoms with Gasteiger partial charge in [-0.1, -0.05) is 13.8 Å². The molecule has 2 nitrogen and oxygen atoms in total. The highest BCUT2D eigenvalue weighted by Gasteiger charge is 1.88. The molecule has 0 amide bonds. The van der Waals surface area contributed by atoms with Gasteiger partial charge in [-0.3, -0.25) is 0 Å². The third-order valence-electron chi connectivity index (χ3n) is 1.10. The van der Waals surface area contributed by atoms with Gasteiger partial charge >= 0.3 is 0 Å².